The van der Waals surface area contributed by atoms with Gasteiger partial charge in [0.1, 0.15) is 0 Å². The van der Waals surface area contributed by atoms with Crippen LogP contribution < -0.4 is 5.73 Å². The van der Waals surface area contributed by atoms with E-state index in [0.29, 0.717) is 0 Å². The summed E-state index contributed by atoms with van der Waals surface area (Å²) in [4.78, 5) is 2.37. The molecule has 1 aliphatic rings. The van der Waals surface area contributed by atoms with Crippen LogP contribution in [0.15, 0.2) is 18.2 Å². The Kier molecular flexibility index (Phi) is 3.17. The molecule has 1 unspecified atom stereocenters. The van der Waals surface area contributed by atoms with Crippen molar-refractivity contribution in [2.45, 2.75) is 12.8 Å². The van der Waals surface area contributed by atoms with Crippen molar-refractivity contribution in [1.29, 1.82) is 0 Å². The van der Waals surface area contributed by atoms with E-state index in [2.05, 4.69) is 18.0 Å². The molecule has 2 nitrogen and oxygen atoms in total. The van der Waals surface area contributed by atoms with Crippen molar-refractivity contribution in [3.05, 3.63) is 28.8 Å². The van der Waals surface area contributed by atoms with Crippen molar-refractivity contribution in [3.63, 3.8) is 0 Å². The van der Waals surface area contributed by atoms with Crippen LogP contribution in [0.3, 0.4) is 0 Å². The number of nitrogens with zero attached hydrogens (tertiary/aromatic N) is 1. The maximum Gasteiger partial charge on any atom is 0.0426 e. The normalized spacial score (nSPS) is 22.1. The van der Waals surface area contributed by atoms with E-state index in [4.69, 9.17) is 17.3 Å². The average molecular weight is 225 g/mol. The summed E-state index contributed by atoms with van der Waals surface area (Å²) in [6, 6.07) is 5.82. The first-order valence-corrected chi connectivity index (χ1v) is 5.75. The van der Waals surface area contributed by atoms with Crippen LogP contribution in [0.4, 0.5) is 5.69 Å². The molecule has 0 aliphatic carbocycles. The molecular weight excluding hydrogens is 208 g/mol. The van der Waals surface area contributed by atoms with Crippen molar-refractivity contribution >= 4 is 17.3 Å². The van der Waals surface area contributed by atoms with Gasteiger partial charge in [-0.3, -0.25) is 0 Å². The molecule has 0 spiro atoms. The quantitative estimate of drug-likeness (QED) is 0.782. The number of halogens is 1. The molecule has 1 fully saturated rings. The highest BCUT2D eigenvalue weighted by molar-refractivity contribution is 6.30. The Balaban J connectivity index is 2.04. The van der Waals surface area contributed by atoms with Crippen LogP contribution >= 0.6 is 11.6 Å². The lowest BCUT2D eigenvalue weighted by Gasteiger charge is -2.12. The lowest BCUT2D eigenvalue weighted by atomic mass is 9.97. The molecule has 0 aromatic heterocycles. The van der Waals surface area contributed by atoms with E-state index in [0.717, 1.165) is 23.0 Å². The van der Waals surface area contributed by atoms with Crippen LogP contribution in [0, 0.1) is 5.92 Å². The van der Waals surface area contributed by atoms with Gasteiger partial charge in [-0.25, -0.2) is 0 Å². The second kappa shape index (κ2) is 4.42. The number of nitrogen functional groups attached to an aromatic ring is 1. The summed E-state index contributed by atoms with van der Waals surface area (Å²) >= 11 is 5.87. The summed E-state index contributed by atoms with van der Waals surface area (Å²) in [6.07, 6.45) is 2.35. The van der Waals surface area contributed by atoms with Gasteiger partial charge in [0.2, 0.25) is 0 Å². The standard InChI is InChI=1S/C12H17ClN2/c1-15-5-4-9(8-15)6-10-2-3-11(13)7-12(10)14/h2-3,7,9H,4-6,8,14H2,1H3. The Morgan fingerprint density at radius 2 is 2.33 bits per heavy atom. The van der Waals surface area contributed by atoms with Crippen LogP contribution in [0.1, 0.15) is 12.0 Å². The van der Waals surface area contributed by atoms with Crippen LogP contribution in [-0.4, -0.2) is 25.0 Å². The van der Waals surface area contributed by atoms with E-state index < -0.39 is 0 Å². The fraction of sp³-hybridized carbons (Fsp3) is 0.500. The molecule has 1 heterocycles. The molecule has 1 saturated heterocycles. The highest BCUT2D eigenvalue weighted by Crippen LogP contribution is 2.24. The van der Waals surface area contributed by atoms with Crippen molar-refractivity contribution in [3.8, 4) is 0 Å². The monoisotopic (exact) mass is 224 g/mol. The second-order valence-corrected chi connectivity index (χ2v) is 4.90. The molecule has 1 aliphatic heterocycles. The zero-order chi connectivity index (χ0) is 10.8. The van der Waals surface area contributed by atoms with Gasteiger partial charge in [-0.05, 0) is 50.0 Å². The van der Waals surface area contributed by atoms with Gasteiger partial charge < -0.3 is 10.6 Å². The smallest absolute Gasteiger partial charge is 0.0426 e. The lowest BCUT2D eigenvalue weighted by Crippen LogP contribution is -2.15. The number of benzene rings is 1. The van der Waals surface area contributed by atoms with Crippen LogP contribution in [0.2, 0.25) is 5.02 Å². The van der Waals surface area contributed by atoms with Crippen molar-refractivity contribution in [1.82, 2.24) is 4.90 Å². The molecule has 0 radical (unpaired) electrons. The summed E-state index contributed by atoms with van der Waals surface area (Å²) in [6.45, 7) is 2.39. The molecule has 15 heavy (non-hydrogen) atoms. The molecule has 1 aromatic carbocycles. The molecular formula is C12H17ClN2. The molecule has 0 saturated carbocycles. The first-order valence-electron chi connectivity index (χ1n) is 5.37. The highest BCUT2D eigenvalue weighted by atomic mass is 35.5. The van der Waals surface area contributed by atoms with E-state index in [1.165, 1.54) is 25.1 Å². The number of anilines is 1. The van der Waals surface area contributed by atoms with Gasteiger partial charge >= 0.3 is 0 Å². The number of hydrogen-bond acceptors (Lipinski definition) is 2. The van der Waals surface area contributed by atoms with E-state index in [1.807, 2.05) is 12.1 Å². The predicted octanol–water partition coefficient (Wildman–Crippen LogP) is 2.42. The Bertz CT molecular complexity index is 351. The number of rotatable bonds is 2. The van der Waals surface area contributed by atoms with Crippen molar-refractivity contribution < 1.29 is 0 Å². The fourth-order valence-electron chi connectivity index (χ4n) is 2.26. The third kappa shape index (κ3) is 2.64. The highest BCUT2D eigenvalue weighted by Gasteiger charge is 2.20. The summed E-state index contributed by atoms with van der Waals surface area (Å²) in [5.74, 6) is 0.749. The molecule has 2 N–H and O–H groups in total. The zero-order valence-corrected chi connectivity index (χ0v) is 9.80. The molecule has 0 amide bonds. The second-order valence-electron chi connectivity index (χ2n) is 4.46. The van der Waals surface area contributed by atoms with E-state index in [1.54, 1.807) is 0 Å². The van der Waals surface area contributed by atoms with Crippen molar-refractivity contribution in [2.75, 3.05) is 25.9 Å². The molecule has 0 bridgehead atoms. The number of likely N-dealkylation sites (tertiary alicyclic amines) is 1. The summed E-state index contributed by atoms with van der Waals surface area (Å²) < 4.78 is 0. The average Bonchev–Trinajstić information content (AvgIpc) is 2.56. The van der Waals surface area contributed by atoms with Gasteiger partial charge in [0.25, 0.3) is 0 Å². The fourth-order valence-corrected chi connectivity index (χ4v) is 2.44. The van der Waals surface area contributed by atoms with Gasteiger partial charge in [-0.15, -0.1) is 0 Å². The molecule has 3 heteroatoms. The van der Waals surface area contributed by atoms with E-state index in [-0.39, 0.29) is 0 Å². The minimum absolute atomic E-state index is 0.722. The van der Waals surface area contributed by atoms with Gasteiger partial charge in [-0.1, -0.05) is 17.7 Å². The summed E-state index contributed by atoms with van der Waals surface area (Å²) in [7, 11) is 2.17. The third-order valence-corrected chi connectivity index (χ3v) is 3.34. The Labute approximate surface area is 96.0 Å². The topological polar surface area (TPSA) is 29.3 Å². The van der Waals surface area contributed by atoms with Crippen LogP contribution in [-0.2, 0) is 6.42 Å². The molecule has 82 valence electrons. The number of nitrogens with two attached hydrogens (primary N) is 1. The summed E-state index contributed by atoms with van der Waals surface area (Å²) in [5.41, 5.74) is 8.00. The predicted molar refractivity (Wildman–Crippen MR) is 65.2 cm³/mol. The van der Waals surface area contributed by atoms with Crippen LogP contribution in [0.25, 0.3) is 0 Å². The zero-order valence-electron chi connectivity index (χ0n) is 9.04. The Hall–Kier alpha value is -0.730. The van der Waals surface area contributed by atoms with E-state index >= 15 is 0 Å². The first kappa shape index (κ1) is 10.8. The molecule has 1 aromatic rings. The summed E-state index contributed by atoms with van der Waals surface area (Å²) in [5, 5.41) is 0.722. The lowest BCUT2D eigenvalue weighted by molar-refractivity contribution is 0.394. The van der Waals surface area contributed by atoms with Gasteiger partial charge in [0.05, 0.1) is 0 Å². The third-order valence-electron chi connectivity index (χ3n) is 3.11. The SMILES string of the molecule is CN1CCC(Cc2ccc(Cl)cc2N)C1. The first-order chi connectivity index (χ1) is 7.15. The maximum absolute atomic E-state index is 5.94. The minimum atomic E-state index is 0.722. The largest absolute Gasteiger partial charge is 0.398 e. The van der Waals surface area contributed by atoms with Gasteiger partial charge in [0.15, 0.2) is 0 Å². The Morgan fingerprint density at radius 1 is 1.53 bits per heavy atom. The van der Waals surface area contributed by atoms with Crippen LogP contribution in [0.5, 0.6) is 0 Å². The maximum atomic E-state index is 5.94. The number of hydrogen-bond donors (Lipinski definition) is 1. The molecule has 1 atom stereocenters. The van der Waals surface area contributed by atoms with E-state index in [9.17, 15) is 0 Å². The van der Waals surface area contributed by atoms with Crippen molar-refractivity contribution in [2.24, 2.45) is 5.92 Å². The molecule has 2 rings (SSSR count). The van der Waals surface area contributed by atoms with Gasteiger partial charge in [0, 0.05) is 17.3 Å². The van der Waals surface area contributed by atoms with Gasteiger partial charge in [-0.2, -0.15) is 0 Å². The Morgan fingerprint density at radius 3 is 2.93 bits per heavy atom. The minimum Gasteiger partial charge on any atom is -0.398 e.